The average molecular weight is 373 g/mol. The van der Waals surface area contributed by atoms with Gasteiger partial charge in [0.05, 0.1) is 6.10 Å². The van der Waals surface area contributed by atoms with Crippen LogP contribution in [-0.2, 0) is 19.1 Å². The summed E-state index contributed by atoms with van der Waals surface area (Å²) in [6.45, 7) is 8.03. The Hall–Kier alpha value is -1.16. The number of hydrogen-bond donors (Lipinski definition) is 0. The molecule has 5 aliphatic rings. The van der Waals surface area contributed by atoms with E-state index in [2.05, 4.69) is 19.9 Å². The molecule has 4 aliphatic carbocycles. The Morgan fingerprint density at radius 2 is 1.93 bits per heavy atom. The first kappa shape index (κ1) is 17.9. The molecule has 1 heterocycles. The monoisotopic (exact) mass is 372 g/mol. The van der Waals surface area contributed by atoms with Gasteiger partial charge in [-0.05, 0) is 68.6 Å². The number of fused-ring (bicyclic) bond motifs is 7. The number of ether oxygens (including phenoxy) is 2. The molecule has 4 nitrogen and oxygen atoms in total. The lowest BCUT2D eigenvalue weighted by molar-refractivity contribution is -0.149. The number of Topliss-reactive ketones (excluding diaryl/α,β-unsaturated/α-hetero) is 1. The second-order valence-electron chi connectivity index (χ2n) is 10.3. The predicted octanol–water partition coefficient (Wildman–Crippen LogP) is 4.22. The smallest absolute Gasteiger partial charge is 0.302 e. The van der Waals surface area contributed by atoms with E-state index in [0.29, 0.717) is 17.8 Å². The molecule has 0 radical (unpaired) electrons. The molecule has 27 heavy (non-hydrogen) atoms. The Bertz CT molecular complexity index is 741. The van der Waals surface area contributed by atoms with E-state index in [0.717, 1.165) is 38.5 Å². The van der Waals surface area contributed by atoms with Crippen molar-refractivity contribution in [2.45, 2.75) is 90.4 Å². The van der Waals surface area contributed by atoms with E-state index in [9.17, 15) is 9.59 Å². The van der Waals surface area contributed by atoms with Crippen molar-refractivity contribution in [3.8, 4) is 0 Å². The number of rotatable bonds is 2. The van der Waals surface area contributed by atoms with Crippen LogP contribution in [0.4, 0.5) is 0 Å². The molecule has 2 unspecified atom stereocenters. The molecular weight excluding hydrogens is 340 g/mol. The summed E-state index contributed by atoms with van der Waals surface area (Å²) in [4.78, 5) is 23.8. The van der Waals surface area contributed by atoms with Crippen LogP contribution in [0.1, 0.15) is 72.6 Å². The Labute approximate surface area is 162 Å². The van der Waals surface area contributed by atoms with E-state index in [-0.39, 0.29) is 34.8 Å². The minimum Gasteiger partial charge on any atom is -0.462 e. The molecule has 4 fully saturated rings. The van der Waals surface area contributed by atoms with Crippen LogP contribution in [0.2, 0.25) is 0 Å². The molecule has 4 heteroatoms. The number of hydrogen-bond acceptors (Lipinski definition) is 4. The zero-order valence-electron chi connectivity index (χ0n) is 17.0. The van der Waals surface area contributed by atoms with Crippen LogP contribution < -0.4 is 0 Å². The molecule has 0 amide bonds. The summed E-state index contributed by atoms with van der Waals surface area (Å²) < 4.78 is 11.6. The Morgan fingerprint density at radius 1 is 1.15 bits per heavy atom. The van der Waals surface area contributed by atoms with Gasteiger partial charge in [-0.1, -0.05) is 25.5 Å². The molecule has 1 saturated heterocycles. The minimum absolute atomic E-state index is 0.0152. The Kier molecular flexibility index (Phi) is 3.62. The highest BCUT2D eigenvalue weighted by molar-refractivity contribution is 5.90. The molecule has 0 N–H and O–H groups in total. The lowest BCUT2D eigenvalue weighted by atomic mass is 9.47. The van der Waals surface area contributed by atoms with Crippen molar-refractivity contribution < 1.29 is 19.1 Å². The molecule has 0 aromatic heterocycles. The average Bonchev–Trinajstić information content (AvgIpc) is 3.27. The highest BCUT2D eigenvalue weighted by Gasteiger charge is 2.79. The summed E-state index contributed by atoms with van der Waals surface area (Å²) in [5.41, 5.74) is 1.30. The van der Waals surface area contributed by atoms with Crippen molar-refractivity contribution in [1.82, 2.24) is 0 Å². The van der Waals surface area contributed by atoms with Crippen molar-refractivity contribution in [1.29, 1.82) is 0 Å². The molecule has 3 saturated carbocycles. The van der Waals surface area contributed by atoms with Gasteiger partial charge in [0.1, 0.15) is 6.10 Å². The van der Waals surface area contributed by atoms with Crippen LogP contribution in [0.25, 0.3) is 0 Å². The first-order valence-corrected chi connectivity index (χ1v) is 10.8. The summed E-state index contributed by atoms with van der Waals surface area (Å²) in [6.07, 6.45) is 10.1. The maximum Gasteiger partial charge on any atom is 0.302 e. The second kappa shape index (κ2) is 5.46. The molecule has 1 aliphatic heterocycles. The molecule has 0 aromatic rings. The normalized spacial score (nSPS) is 52.6. The molecular formula is C23H32O4. The molecule has 0 aromatic carbocycles. The fourth-order valence-electron chi connectivity index (χ4n) is 8.03. The molecule has 5 rings (SSSR count). The topological polar surface area (TPSA) is 55.9 Å². The van der Waals surface area contributed by atoms with Crippen LogP contribution in [0, 0.1) is 28.6 Å². The van der Waals surface area contributed by atoms with Crippen LogP contribution in [0.3, 0.4) is 0 Å². The van der Waals surface area contributed by atoms with Gasteiger partial charge in [0.2, 0.25) is 0 Å². The molecule has 148 valence electrons. The van der Waals surface area contributed by atoms with Crippen molar-refractivity contribution in [3.05, 3.63) is 11.6 Å². The summed E-state index contributed by atoms with van der Waals surface area (Å²) in [6, 6.07) is 0. The third kappa shape index (κ3) is 2.14. The standard InChI is InChI=1S/C23H32O4/c1-13(24)23-20(27-23)12-19-17-6-5-15-11-16(26-14(2)25)7-9-21(15,3)18(17)8-10-22(19,23)4/h5,16-20H,6-12H2,1-4H3/t16?,17-,18+,19+,20?,21+,22+,23-/m1/s1. The quantitative estimate of drug-likeness (QED) is 0.414. The number of ketones is 1. The predicted molar refractivity (Wildman–Crippen MR) is 101 cm³/mol. The summed E-state index contributed by atoms with van der Waals surface area (Å²) in [7, 11) is 0. The first-order chi connectivity index (χ1) is 12.7. The van der Waals surface area contributed by atoms with Crippen LogP contribution >= 0.6 is 0 Å². The summed E-state index contributed by atoms with van der Waals surface area (Å²) >= 11 is 0. The van der Waals surface area contributed by atoms with Gasteiger partial charge in [-0.15, -0.1) is 0 Å². The highest BCUT2D eigenvalue weighted by Crippen LogP contribution is 2.73. The van der Waals surface area contributed by atoms with Crippen molar-refractivity contribution in [2.24, 2.45) is 28.6 Å². The number of allylic oxidation sites excluding steroid dienone is 1. The van der Waals surface area contributed by atoms with Gasteiger partial charge in [-0.2, -0.15) is 0 Å². The number of esters is 1. The second-order valence-corrected chi connectivity index (χ2v) is 10.3. The summed E-state index contributed by atoms with van der Waals surface area (Å²) in [5.74, 6) is 2.03. The SMILES string of the molecule is CC(=O)OC1CC[C@@]2(C)C(=CC[C@@H]3[C@@H]2CC[C@@]2(C)[C@H]3CC3O[C@]32C(C)=O)C1. The Balaban J connectivity index is 1.43. The first-order valence-electron chi connectivity index (χ1n) is 10.8. The van der Waals surface area contributed by atoms with Crippen LogP contribution in [0.5, 0.6) is 0 Å². The molecule has 8 atom stereocenters. The largest absolute Gasteiger partial charge is 0.462 e. The van der Waals surface area contributed by atoms with Gasteiger partial charge in [0.25, 0.3) is 0 Å². The number of carbonyl (C=O) groups excluding carboxylic acids is 2. The van der Waals surface area contributed by atoms with Crippen LogP contribution in [-0.4, -0.2) is 29.6 Å². The Morgan fingerprint density at radius 3 is 2.63 bits per heavy atom. The van der Waals surface area contributed by atoms with Gasteiger partial charge < -0.3 is 9.47 Å². The molecule has 0 bridgehead atoms. The van der Waals surface area contributed by atoms with Gasteiger partial charge in [0.15, 0.2) is 11.4 Å². The van der Waals surface area contributed by atoms with E-state index < -0.39 is 5.60 Å². The van der Waals surface area contributed by atoms with Gasteiger partial charge in [-0.25, -0.2) is 0 Å². The van der Waals surface area contributed by atoms with Gasteiger partial charge >= 0.3 is 5.97 Å². The van der Waals surface area contributed by atoms with E-state index in [4.69, 9.17) is 9.47 Å². The third-order valence-electron chi connectivity index (χ3n) is 9.34. The molecule has 0 spiro atoms. The maximum absolute atomic E-state index is 12.5. The van der Waals surface area contributed by atoms with E-state index in [1.165, 1.54) is 18.9 Å². The van der Waals surface area contributed by atoms with Crippen molar-refractivity contribution in [3.63, 3.8) is 0 Å². The minimum atomic E-state index is -0.472. The van der Waals surface area contributed by atoms with Crippen molar-refractivity contribution >= 4 is 11.8 Å². The highest BCUT2D eigenvalue weighted by atomic mass is 16.6. The fourth-order valence-corrected chi connectivity index (χ4v) is 8.03. The number of carbonyl (C=O) groups is 2. The number of epoxide rings is 1. The zero-order chi connectivity index (χ0) is 19.2. The van der Waals surface area contributed by atoms with Gasteiger partial charge in [-0.3, -0.25) is 9.59 Å². The lowest BCUT2D eigenvalue weighted by Crippen LogP contribution is -2.54. The third-order valence-corrected chi connectivity index (χ3v) is 9.34. The van der Waals surface area contributed by atoms with E-state index >= 15 is 0 Å². The van der Waals surface area contributed by atoms with E-state index in [1.54, 1.807) is 6.92 Å². The van der Waals surface area contributed by atoms with Gasteiger partial charge in [0, 0.05) is 18.8 Å². The fraction of sp³-hybridized carbons (Fsp3) is 0.826. The van der Waals surface area contributed by atoms with Crippen molar-refractivity contribution in [2.75, 3.05) is 0 Å². The van der Waals surface area contributed by atoms with Crippen LogP contribution in [0.15, 0.2) is 11.6 Å². The maximum atomic E-state index is 12.5. The zero-order valence-corrected chi connectivity index (χ0v) is 17.0. The van der Waals surface area contributed by atoms with E-state index in [1.807, 2.05) is 0 Å². The summed E-state index contributed by atoms with van der Waals surface area (Å²) in [5, 5.41) is 0. The lowest BCUT2D eigenvalue weighted by Gasteiger charge is -2.58.